The molecular weight excluding hydrogens is 344 g/mol. The van der Waals surface area contributed by atoms with E-state index in [1.807, 2.05) is 0 Å². The van der Waals surface area contributed by atoms with Gasteiger partial charge in [-0.2, -0.15) is 0 Å². The number of amides is 2. The predicted molar refractivity (Wildman–Crippen MR) is 125 cm³/mol. The second-order valence-corrected chi connectivity index (χ2v) is 8.43. The van der Waals surface area contributed by atoms with Crippen LogP contribution in [0.15, 0.2) is 12.2 Å². The highest BCUT2D eigenvalue weighted by Gasteiger charge is 2.09. The molecule has 0 aliphatic heterocycles. The van der Waals surface area contributed by atoms with E-state index in [-0.39, 0.29) is 12.1 Å². The summed E-state index contributed by atoms with van der Waals surface area (Å²) in [5.41, 5.74) is 5.32. The SMILES string of the molecule is CCCCCCCC/C=C\CCCCCCCC(CCCCCC)NC(N)=O. The molecule has 0 radical (unpaired) electrons. The molecule has 0 aliphatic rings. The Balaban J connectivity index is 3.49. The monoisotopic (exact) mass is 394 g/mol. The molecular formula is C25H50N2O. The standard InChI is InChI=1S/C25H50N2O/c1-3-5-7-9-10-11-12-13-14-15-16-17-18-19-21-23-24(27-25(26)28)22-20-8-6-4-2/h13-14,24H,3-12,15-23H2,1-2H3,(H3,26,27,28)/b14-13-. The van der Waals surface area contributed by atoms with Gasteiger partial charge in [0.15, 0.2) is 0 Å². The van der Waals surface area contributed by atoms with Gasteiger partial charge in [0.2, 0.25) is 0 Å². The zero-order valence-electron chi connectivity index (χ0n) is 19.2. The Morgan fingerprint density at radius 2 is 1.07 bits per heavy atom. The van der Waals surface area contributed by atoms with E-state index in [1.165, 1.54) is 109 Å². The van der Waals surface area contributed by atoms with Gasteiger partial charge in [0.05, 0.1) is 0 Å². The van der Waals surface area contributed by atoms with E-state index in [4.69, 9.17) is 5.73 Å². The summed E-state index contributed by atoms with van der Waals surface area (Å²) in [4.78, 5) is 11.2. The van der Waals surface area contributed by atoms with E-state index in [0.29, 0.717) is 0 Å². The summed E-state index contributed by atoms with van der Waals surface area (Å²) in [5.74, 6) is 0. The average Bonchev–Trinajstić information content (AvgIpc) is 2.67. The van der Waals surface area contributed by atoms with Crippen molar-refractivity contribution in [2.75, 3.05) is 0 Å². The van der Waals surface area contributed by atoms with Gasteiger partial charge in [-0.05, 0) is 38.5 Å². The maximum atomic E-state index is 11.2. The smallest absolute Gasteiger partial charge is 0.312 e. The summed E-state index contributed by atoms with van der Waals surface area (Å²) in [6.07, 6.45) is 29.2. The van der Waals surface area contributed by atoms with Gasteiger partial charge in [0.1, 0.15) is 0 Å². The van der Waals surface area contributed by atoms with Crippen LogP contribution < -0.4 is 11.1 Å². The van der Waals surface area contributed by atoms with E-state index in [2.05, 4.69) is 31.3 Å². The maximum Gasteiger partial charge on any atom is 0.312 e. The van der Waals surface area contributed by atoms with E-state index in [9.17, 15) is 4.79 Å². The normalized spacial score (nSPS) is 12.5. The lowest BCUT2D eigenvalue weighted by Crippen LogP contribution is -2.38. The molecule has 166 valence electrons. The van der Waals surface area contributed by atoms with Crippen LogP contribution in [0.25, 0.3) is 0 Å². The Kier molecular flexibility index (Phi) is 21.5. The molecule has 28 heavy (non-hydrogen) atoms. The first-order valence-corrected chi connectivity index (χ1v) is 12.4. The summed E-state index contributed by atoms with van der Waals surface area (Å²) in [6, 6.07) is -0.0903. The number of urea groups is 1. The summed E-state index contributed by atoms with van der Waals surface area (Å²) < 4.78 is 0. The number of rotatable bonds is 21. The molecule has 0 aliphatic carbocycles. The molecule has 0 saturated heterocycles. The first kappa shape index (κ1) is 27.0. The number of nitrogens with one attached hydrogen (secondary N) is 1. The quantitative estimate of drug-likeness (QED) is 0.150. The number of unbranched alkanes of at least 4 members (excludes halogenated alkanes) is 14. The Hall–Kier alpha value is -0.990. The Morgan fingerprint density at radius 1 is 0.679 bits per heavy atom. The lowest BCUT2D eigenvalue weighted by molar-refractivity contribution is 0.243. The van der Waals surface area contributed by atoms with E-state index in [1.54, 1.807) is 0 Å². The van der Waals surface area contributed by atoms with Crippen LogP contribution in [0.1, 0.15) is 136 Å². The zero-order valence-corrected chi connectivity index (χ0v) is 19.2. The summed E-state index contributed by atoms with van der Waals surface area (Å²) in [6.45, 7) is 4.50. The molecule has 0 aromatic rings. The van der Waals surface area contributed by atoms with Gasteiger partial charge in [0.25, 0.3) is 0 Å². The summed E-state index contributed by atoms with van der Waals surface area (Å²) in [7, 11) is 0. The van der Waals surface area contributed by atoms with Crippen molar-refractivity contribution < 1.29 is 4.79 Å². The van der Waals surface area contributed by atoms with Gasteiger partial charge in [-0.25, -0.2) is 4.79 Å². The highest BCUT2D eigenvalue weighted by Crippen LogP contribution is 2.14. The van der Waals surface area contributed by atoms with Crippen LogP contribution in [0.5, 0.6) is 0 Å². The molecule has 2 amide bonds. The second-order valence-electron chi connectivity index (χ2n) is 8.43. The van der Waals surface area contributed by atoms with Gasteiger partial charge < -0.3 is 11.1 Å². The van der Waals surface area contributed by atoms with Gasteiger partial charge in [-0.3, -0.25) is 0 Å². The van der Waals surface area contributed by atoms with Crippen molar-refractivity contribution in [1.82, 2.24) is 5.32 Å². The molecule has 0 saturated carbocycles. The number of carbonyl (C=O) groups excluding carboxylic acids is 1. The van der Waals surface area contributed by atoms with Crippen LogP contribution in [0.2, 0.25) is 0 Å². The molecule has 0 bridgehead atoms. The molecule has 1 unspecified atom stereocenters. The lowest BCUT2D eigenvalue weighted by atomic mass is 10.0. The number of hydrogen-bond donors (Lipinski definition) is 2. The van der Waals surface area contributed by atoms with Crippen molar-refractivity contribution in [3.63, 3.8) is 0 Å². The third-order valence-electron chi connectivity index (χ3n) is 5.57. The van der Waals surface area contributed by atoms with Crippen molar-refractivity contribution in [2.45, 2.75) is 142 Å². The van der Waals surface area contributed by atoms with E-state index < -0.39 is 0 Å². The third-order valence-corrected chi connectivity index (χ3v) is 5.57. The highest BCUT2D eigenvalue weighted by molar-refractivity contribution is 5.71. The zero-order chi connectivity index (χ0) is 20.7. The number of allylic oxidation sites excluding steroid dienone is 2. The van der Waals surface area contributed by atoms with Crippen LogP contribution >= 0.6 is 0 Å². The lowest BCUT2D eigenvalue weighted by Gasteiger charge is -2.17. The van der Waals surface area contributed by atoms with Crippen LogP contribution in [-0.2, 0) is 0 Å². The second kappa shape index (κ2) is 22.3. The van der Waals surface area contributed by atoms with Crippen molar-refractivity contribution in [3.05, 3.63) is 12.2 Å². The minimum absolute atomic E-state index is 0.277. The largest absolute Gasteiger partial charge is 0.352 e. The summed E-state index contributed by atoms with van der Waals surface area (Å²) >= 11 is 0. The first-order valence-electron chi connectivity index (χ1n) is 12.4. The molecule has 1 atom stereocenters. The molecule has 3 nitrogen and oxygen atoms in total. The fourth-order valence-corrected chi connectivity index (χ4v) is 3.77. The molecule has 3 heteroatoms. The van der Waals surface area contributed by atoms with Crippen LogP contribution in [0, 0.1) is 0 Å². The van der Waals surface area contributed by atoms with Crippen LogP contribution in [0.4, 0.5) is 4.79 Å². The van der Waals surface area contributed by atoms with Crippen LogP contribution in [-0.4, -0.2) is 12.1 Å². The van der Waals surface area contributed by atoms with Crippen LogP contribution in [0.3, 0.4) is 0 Å². The molecule has 0 heterocycles. The Labute approximate surface area is 176 Å². The molecule has 0 rings (SSSR count). The molecule has 3 N–H and O–H groups in total. The van der Waals surface area contributed by atoms with E-state index in [0.717, 1.165) is 12.8 Å². The van der Waals surface area contributed by atoms with Crippen molar-refractivity contribution in [1.29, 1.82) is 0 Å². The maximum absolute atomic E-state index is 11.2. The number of nitrogens with two attached hydrogens (primary N) is 1. The average molecular weight is 395 g/mol. The fraction of sp³-hybridized carbons (Fsp3) is 0.880. The molecule has 0 aromatic carbocycles. The van der Waals surface area contributed by atoms with Crippen molar-refractivity contribution >= 4 is 6.03 Å². The van der Waals surface area contributed by atoms with Gasteiger partial charge in [-0.15, -0.1) is 0 Å². The summed E-state index contributed by atoms with van der Waals surface area (Å²) in [5, 5.41) is 2.94. The molecule has 0 fully saturated rings. The Morgan fingerprint density at radius 3 is 1.54 bits per heavy atom. The first-order chi connectivity index (χ1) is 13.7. The van der Waals surface area contributed by atoms with Gasteiger partial charge in [-0.1, -0.05) is 109 Å². The minimum atomic E-state index is -0.367. The number of primary amides is 1. The number of hydrogen-bond acceptors (Lipinski definition) is 1. The van der Waals surface area contributed by atoms with Crippen molar-refractivity contribution in [3.8, 4) is 0 Å². The predicted octanol–water partition coefficient (Wildman–Crippen LogP) is 8.03. The third kappa shape index (κ3) is 21.3. The van der Waals surface area contributed by atoms with Gasteiger partial charge >= 0.3 is 6.03 Å². The minimum Gasteiger partial charge on any atom is -0.352 e. The molecule has 0 aromatic heterocycles. The topological polar surface area (TPSA) is 55.1 Å². The molecule has 0 spiro atoms. The Bertz CT molecular complexity index is 354. The highest BCUT2D eigenvalue weighted by atomic mass is 16.2. The van der Waals surface area contributed by atoms with E-state index >= 15 is 0 Å². The number of carbonyl (C=O) groups is 1. The van der Waals surface area contributed by atoms with Gasteiger partial charge in [0, 0.05) is 6.04 Å². The fourth-order valence-electron chi connectivity index (χ4n) is 3.77. The van der Waals surface area contributed by atoms with Crippen molar-refractivity contribution in [2.24, 2.45) is 5.73 Å².